The Balaban J connectivity index is 0.00000300. The third-order valence-electron chi connectivity index (χ3n) is 5.17. The molecule has 2 aromatic rings. The molecule has 160 valence electrons. The van der Waals surface area contributed by atoms with Crippen molar-refractivity contribution in [3.8, 4) is 5.75 Å². The van der Waals surface area contributed by atoms with Crippen LogP contribution in [-0.2, 0) is 13.1 Å². The zero-order chi connectivity index (χ0) is 19.6. The molecule has 0 unspecified atom stereocenters. The summed E-state index contributed by atoms with van der Waals surface area (Å²) in [6.45, 7) is 8.05. The normalized spacial score (nSPS) is 15.6. The third-order valence-corrected chi connectivity index (χ3v) is 5.91. The van der Waals surface area contributed by atoms with Crippen molar-refractivity contribution < 1.29 is 4.74 Å². The van der Waals surface area contributed by atoms with E-state index in [9.17, 15) is 0 Å². The second-order valence-corrected chi connectivity index (χ2v) is 8.06. The van der Waals surface area contributed by atoms with E-state index in [0.29, 0.717) is 5.92 Å². The molecule has 1 aliphatic rings. The fourth-order valence-electron chi connectivity index (χ4n) is 3.47. The number of methoxy groups -OCH3 is 1. The van der Waals surface area contributed by atoms with Crippen LogP contribution in [0.3, 0.4) is 0 Å². The van der Waals surface area contributed by atoms with Gasteiger partial charge in [0.15, 0.2) is 5.96 Å². The summed E-state index contributed by atoms with van der Waals surface area (Å²) in [6.07, 6.45) is 2.46. The Morgan fingerprint density at radius 2 is 1.90 bits per heavy atom. The van der Waals surface area contributed by atoms with Crippen LogP contribution in [0.5, 0.6) is 5.75 Å². The molecule has 1 fully saturated rings. The van der Waals surface area contributed by atoms with Gasteiger partial charge in [0, 0.05) is 19.6 Å². The molecule has 1 aromatic carbocycles. The summed E-state index contributed by atoms with van der Waals surface area (Å²) in [5.41, 5.74) is 2.63. The Bertz CT molecular complexity index is 713. The lowest BCUT2D eigenvalue weighted by Crippen LogP contribution is -2.42. The Morgan fingerprint density at radius 3 is 2.52 bits per heavy atom. The molecule has 1 saturated heterocycles. The molecular weight excluding hydrogens is 495 g/mol. The number of nitrogens with zero attached hydrogens (tertiary/aromatic N) is 2. The summed E-state index contributed by atoms with van der Waals surface area (Å²) in [7, 11) is 1.71. The fraction of sp³-hybridized carbons (Fsp3) is 0.500. The van der Waals surface area contributed by atoms with Gasteiger partial charge in [0.05, 0.1) is 13.7 Å². The highest BCUT2D eigenvalue weighted by atomic mass is 127. The molecule has 5 nitrogen and oxygen atoms in total. The van der Waals surface area contributed by atoms with E-state index in [4.69, 9.17) is 9.73 Å². The van der Waals surface area contributed by atoms with Gasteiger partial charge < -0.3 is 15.4 Å². The van der Waals surface area contributed by atoms with Crippen LogP contribution in [-0.4, -0.2) is 44.1 Å². The van der Waals surface area contributed by atoms with Crippen LogP contribution < -0.4 is 15.4 Å². The van der Waals surface area contributed by atoms with Crippen molar-refractivity contribution in [2.45, 2.75) is 32.9 Å². The third kappa shape index (κ3) is 8.14. The van der Waals surface area contributed by atoms with E-state index < -0.39 is 0 Å². The summed E-state index contributed by atoms with van der Waals surface area (Å²) in [4.78, 5) is 7.26. The SMILES string of the molecule is CCNC(=NCc1ccsc1)NCC1CCN(Cc2ccc(OC)cc2)CC1.I. The van der Waals surface area contributed by atoms with Crippen molar-refractivity contribution in [3.05, 3.63) is 52.2 Å². The second kappa shape index (κ2) is 13.1. The summed E-state index contributed by atoms with van der Waals surface area (Å²) >= 11 is 1.72. The summed E-state index contributed by atoms with van der Waals surface area (Å²) in [6, 6.07) is 10.6. The standard InChI is InChI=1S/C22H32N4OS.HI/c1-3-23-22(25-15-20-10-13-28-17-20)24-14-18-8-11-26(12-9-18)16-19-4-6-21(27-2)7-5-19;/h4-7,10,13,17-18H,3,8-9,11-12,14-16H2,1-2H3,(H2,23,24,25);1H. The number of aliphatic imine (C=N–C) groups is 1. The van der Waals surface area contributed by atoms with Crippen molar-refractivity contribution in [2.24, 2.45) is 10.9 Å². The Hall–Kier alpha value is -1.32. The summed E-state index contributed by atoms with van der Waals surface area (Å²) in [5.74, 6) is 2.55. The molecule has 0 bridgehead atoms. The molecule has 0 spiro atoms. The van der Waals surface area contributed by atoms with Crippen LogP contribution in [0, 0.1) is 5.92 Å². The van der Waals surface area contributed by atoms with Gasteiger partial charge in [-0.3, -0.25) is 4.90 Å². The van der Waals surface area contributed by atoms with Crippen molar-refractivity contribution in [3.63, 3.8) is 0 Å². The molecule has 0 radical (unpaired) electrons. The number of likely N-dealkylation sites (tertiary alicyclic amines) is 1. The molecule has 1 aromatic heterocycles. The van der Waals surface area contributed by atoms with Crippen LogP contribution in [0.15, 0.2) is 46.1 Å². The minimum atomic E-state index is 0. The highest BCUT2D eigenvalue weighted by Gasteiger charge is 2.19. The molecule has 1 aliphatic heterocycles. The minimum Gasteiger partial charge on any atom is -0.497 e. The predicted molar refractivity (Wildman–Crippen MR) is 134 cm³/mol. The van der Waals surface area contributed by atoms with E-state index in [-0.39, 0.29) is 24.0 Å². The van der Waals surface area contributed by atoms with Gasteiger partial charge in [-0.05, 0) is 78.9 Å². The molecule has 0 saturated carbocycles. The number of benzene rings is 1. The maximum absolute atomic E-state index is 5.24. The van der Waals surface area contributed by atoms with E-state index in [1.54, 1.807) is 18.4 Å². The molecule has 2 heterocycles. The minimum absolute atomic E-state index is 0. The molecule has 7 heteroatoms. The highest BCUT2D eigenvalue weighted by molar-refractivity contribution is 14.0. The molecular formula is C22H33IN4OS. The van der Waals surface area contributed by atoms with Crippen LogP contribution in [0.1, 0.15) is 30.9 Å². The number of hydrogen-bond donors (Lipinski definition) is 2. The predicted octanol–water partition coefficient (Wildman–Crippen LogP) is 4.34. The molecule has 29 heavy (non-hydrogen) atoms. The van der Waals surface area contributed by atoms with Gasteiger partial charge in [-0.25, -0.2) is 4.99 Å². The van der Waals surface area contributed by atoms with E-state index in [2.05, 4.69) is 51.4 Å². The number of hydrogen-bond acceptors (Lipinski definition) is 4. The van der Waals surface area contributed by atoms with Crippen molar-refractivity contribution in [2.75, 3.05) is 33.3 Å². The van der Waals surface area contributed by atoms with E-state index in [1.807, 2.05) is 12.1 Å². The van der Waals surface area contributed by atoms with Crippen LogP contribution in [0.4, 0.5) is 0 Å². The van der Waals surface area contributed by atoms with Crippen LogP contribution in [0.25, 0.3) is 0 Å². The van der Waals surface area contributed by atoms with Crippen molar-refractivity contribution >= 4 is 41.3 Å². The molecule has 2 N–H and O–H groups in total. The highest BCUT2D eigenvalue weighted by Crippen LogP contribution is 2.19. The number of guanidine groups is 1. The quantitative estimate of drug-likeness (QED) is 0.304. The maximum atomic E-state index is 5.24. The maximum Gasteiger partial charge on any atom is 0.191 e. The zero-order valence-electron chi connectivity index (χ0n) is 17.4. The Morgan fingerprint density at radius 1 is 1.14 bits per heavy atom. The van der Waals surface area contributed by atoms with Gasteiger partial charge in [-0.1, -0.05) is 12.1 Å². The van der Waals surface area contributed by atoms with Gasteiger partial charge in [-0.15, -0.1) is 24.0 Å². The van der Waals surface area contributed by atoms with Crippen LogP contribution >= 0.6 is 35.3 Å². The fourth-order valence-corrected chi connectivity index (χ4v) is 4.13. The molecule has 0 amide bonds. The van der Waals surface area contributed by atoms with Gasteiger partial charge >= 0.3 is 0 Å². The zero-order valence-corrected chi connectivity index (χ0v) is 20.5. The number of halogens is 1. The smallest absolute Gasteiger partial charge is 0.191 e. The first-order chi connectivity index (χ1) is 13.8. The second-order valence-electron chi connectivity index (χ2n) is 7.28. The molecule has 0 atom stereocenters. The first kappa shape index (κ1) is 24.0. The monoisotopic (exact) mass is 528 g/mol. The van der Waals surface area contributed by atoms with Gasteiger partial charge in [0.25, 0.3) is 0 Å². The Kier molecular flexibility index (Phi) is 10.8. The molecule has 0 aliphatic carbocycles. The largest absolute Gasteiger partial charge is 0.497 e. The first-order valence-electron chi connectivity index (χ1n) is 10.2. The average Bonchev–Trinajstić information content (AvgIpc) is 3.25. The summed E-state index contributed by atoms with van der Waals surface area (Å²) in [5, 5.41) is 11.2. The van der Waals surface area contributed by atoms with Gasteiger partial charge in [-0.2, -0.15) is 11.3 Å². The topological polar surface area (TPSA) is 48.9 Å². The van der Waals surface area contributed by atoms with Crippen LogP contribution in [0.2, 0.25) is 0 Å². The van der Waals surface area contributed by atoms with Crippen molar-refractivity contribution in [1.29, 1.82) is 0 Å². The average molecular weight is 529 g/mol. The van der Waals surface area contributed by atoms with Gasteiger partial charge in [0.1, 0.15) is 5.75 Å². The number of ether oxygens (including phenoxy) is 1. The lowest BCUT2D eigenvalue weighted by atomic mass is 9.96. The van der Waals surface area contributed by atoms with Crippen molar-refractivity contribution in [1.82, 2.24) is 15.5 Å². The first-order valence-corrected chi connectivity index (χ1v) is 11.1. The van der Waals surface area contributed by atoms with E-state index >= 15 is 0 Å². The van der Waals surface area contributed by atoms with Gasteiger partial charge in [0.2, 0.25) is 0 Å². The number of thiophene rings is 1. The number of nitrogens with one attached hydrogen (secondary N) is 2. The lowest BCUT2D eigenvalue weighted by Gasteiger charge is -2.32. The molecule has 3 rings (SSSR count). The Labute approximate surface area is 196 Å². The number of rotatable bonds is 8. The van der Waals surface area contributed by atoms with E-state index in [0.717, 1.165) is 51.0 Å². The van der Waals surface area contributed by atoms with E-state index in [1.165, 1.54) is 24.0 Å². The summed E-state index contributed by atoms with van der Waals surface area (Å²) < 4.78 is 5.24. The number of piperidine rings is 1. The lowest BCUT2D eigenvalue weighted by molar-refractivity contribution is 0.178.